The zero-order chi connectivity index (χ0) is 32.7. The predicted octanol–water partition coefficient (Wildman–Crippen LogP) is 4.51. The van der Waals surface area contributed by atoms with Crippen LogP contribution >= 0.6 is 0 Å². The average molecular weight is 615 g/mol. The number of hydrogen-bond acceptors (Lipinski definition) is 10. The van der Waals surface area contributed by atoms with Gasteiger partial charge in [0.05, 0.1) is 42.5 Å². The molecule has 15 atom stereocenters. The summed E-state index contributed by atoms with van der Waals surface area (Å²) in [4.78, 5) is 29.6. The highest BCUT2D eigenvalue weighted by Crippen LogP contribution is 2.55. The zero-order valence-corrected chi connectivity index (χ0v) is 27.9. The molecule has 0 saturated carbocycles. The van der Waals surface area contributed by atoms with Crippen LogP contribution in [0.4, 0.5) is 0 Å². The molecule has 2 unspecified atom stereocenters. The summed E-state index contributed by atoms with van der Waals surface area (Å²) < 4.78 is 19.3. The number of carbonyl (C=O) groups is 2. The molecule has 0 amide bonds. The van der Waals surface area contributed by atoms with Crippen molar-refractivity contribution in [2.24, 2.45) is 41.4 Å². The molecule has 3 aliphatic rings. The predicted molar refractivity (Wildman–Crippen MR) is 160 cm³/mol. The van der Waals surface area contributed by atoms with Crippen molar-refractivity contribution in [1.82, 2.24) is 0 Å². The van der Waals surface area contributed by atoms with Crippen LogP contribution in [0.1, 0.15) is 108 Å². The maximum Gasteiger partial charge on any atom is 0.344 e. The quantitative estimate of drug-likeness (QED) is 0.183. The molecule has 0 bridgehead atoms. The third-order valence-electron chi connectivity index (χ3n) is 11.4. The molecule has 3 heterocycles. The highest BCUT2D eigenvalue weighted by molar-refractivity contribution is 5.84. The topological polar surface area (TPSA) is 152 Å². The molecule has 3 saturated heterocycles. The van der Waals surface area contributed by atoms with Gasteiger partial charge in [0.15, 0.2) is 5.79 Å². The normalized spacial score (nSPS) is 43.5. The number of Topliss-reactive ketones (excluding diaryl/α,β-unsaturated/α-hetero) is 1. The smallest absolute Gasteiger partial charge is 0.344 e. The Kier molecular flexibility index (Phi) is 11.6. The Morgan fingerprint density at radius 1 is 0.977 bits per heavy atom. The monoisotopic (exact) mass is 614 g/mol. The second kappa shape index (κ2) is 13.7. The van der Waals surface area contributed by atoms with Gasteiger partial charge in [0.2, 0.25) is 0 Å². The van der Waals surface area contributed by atoms with Gasteiger partial charge in [0.25, 0.3) is 0 Å². The molecule has 0 aliphatic carbocycles. The van der Waals surface area contributed by atoms with Gasteiger partial charge in [0, 0.05) is 23.7 Å². The molecule has 250 valence electrons. The molecule has 0 spiro atoms. The summed E-state index contributed by atoms with van der Waals surface area (Å²) in [6.07, 6.45) is -0.350. The van der Waals surface area contributed by atoms with E-state index in [0.29, 0.717) is 25.7 Å². The molecule has 3 rings (SSSR count). The summed E-state index contributed by atoms with van der Waals surface area (Å²) in [5.41, 5.74) is -1.96. The van der Waals surface area contributed by atoms with Gasteiger partial charge in [-0.05, 0) is 63.7 Å². The van der Waals surface area contributed by atoms with Gasteiger partial charge in [-0.1, -0.05) is 55.4 Å². The maximum absolute atomic E-state index is 14.0. The van der Waals surface area contributed by atoms with Gasteiger partial charge < -0.3 is 34.4 Å². The van der Waals surface area contributed by atoms with Crippen LogP contribution in [0.2, 0.25) is 0 Å². The fraction of sp³-hybridized carbons (Fsp3) is 0.939. The second-order valence-electron chi connectivity index (χ2n) is 14.5. The molecule has 0 aromatic heterocycles. The van der Waals surface area contributed by atoms with Crippen molar-refractivity contribution < 1.29 is 49.3 Å². The Balaban J connectivity index is 1.76. The maximum atomic E-state index is 14.0. The van der Waals surface area contributed by atoms with Gasteiger partial charge in [-0.2, -0.15) is 5.26 Å². The molecule has 4 N–H and O–H groups in total. The molecule has 0 aromatic carbocycles. The largest absolute Gasteiger partial charge is 0.392 e. The Morgan fingerprint density at radius 2 is 1.60 bits per heavy atom. The summed E-state index contributed by atoms with van der Waals surface area (Å²) in [6.45, 7) is 19.0. The number of ether oxygens (including phenoxy) is 3. The average Bonchev–Trinajstić information content (AvgIpc) is 3.43. The Bertz CT molecular complexity index is 973. The van der Waals surface area contributed by atoms with Gasteiger partial charge >= 0.3 is 5.97 Å². The van der Waals surface area contributed by atoms with E-state index in [-0.39, 0.29) is 42.0 Å². The van der Waals surface area contributed by atoms with Crippen molar-refractivity contribution in [3.8, 4) is 0 Å². The lowest BCUT2D eigenvalue weighted by atomic mass is 9.74. The molecule has 10 heteroatoms. The number of aliphatic hydroxyl groups is 3. The van der Waals surface area contributed by atoms with Crippen LogP contribution in [0.25, 0.3) is 0 Å². The minimum atomic E-state index is -1.63. The Morgan fingerprint density at radius 3 is 2.12 bits per heavy atom. The van der Waals surface area contributed by atoms with Crippen LogP contribution in [0.5, 0.6) is 0 Å². The summed E-state index contributed by atoms with van der Waals surface area (Å²) in [6, 6.07) is 0. The lowest BCUT2D eigenvalue weighted by Crippen LogP contribution is -2.57. The van der Waals surface area contributed by atoms with E-state index in [9.17, 15) is 24.9 Å². The molecular formula is C33H58O10. The van der Waals surface area contributed by atoms with Crippen LogP contribution in [0, 0.1) is 41.4 Å². The van der Waals surface area contributed by atoms with Crippen molar-refractivity contribution in [2.75, 3.05) is 0 Å². The number of rotatable bonds is 12. The molecule has 43 heavy (non-hydrogen) atoms. The van der Waals surface area contributed by atoms with Gasteiger partial charge in [-0.25, -0.2) is 4.79 Å². The first-order valence-electron chi connectivity index (χ1n) is 16.4. The van der Waals surface area contributed by atoms with Crippen molar-refractivity contribution >= 4 is 11.8 Å². The van der Waals surface area contributed by atoms with Crippen LogP contribution in [-0.2, 0) is 28.7 Å². The SMILES string of the molecule is CC[C@H](C(=O)[C@@H](C)[C@@H](O)C(C)[C@H]1O[C@@H](CC(=O)OO)[C@H](C)C[C@@H]1C)C1O[C@](C)([C@]2(O)O[C@](CC)([C@H](C)O)C[C@H]2C)C[C@@H]1C. The summed E-state index contributed by atoms with van der Waals surface area (Å²) in [7, 11) is 0. The molecular weight excluding hydrogens is 556 g/mol. The highest BCUT2D eigenvalue weighted by Gasteiger charge is 2.66. The summed E-state index contributed by atoms with van der Waals surface area (Å²) >= 11 is 0. The molecule has 0 radical (unpaired) electrons. The minimum absolute atomic E-state index is 0.0566. The van der Waals surface area contributed by atoms with Crippen LogP contribution < -0.4 is 0 Å². The van der Waals surface area contributed by atoms with Crippen molar-refractivity contribution in [2.45, 2.75) is 155 Å². The minimum Gasteiger partial charge on any atom is -0.392 e. The lowest BCUT2D eigenvalue weighted by molar-refractivity contribution is -0.331. The van der Waals surface area contributed by atoms with Crippen LogP contribution in [-0.4, -0.2) is 79.8 Å². The first-order valence-corrected chi connectivity index (χ1v) is 16.4. The number of hydrogen-bond donors (Lipinski definition) is 4. The van der Waals surface area contributed by atoms with Crippen LogP contribution in [0.15, 0.2) is 0 Å². The van der Waals surface area contributed by atoms with Crippen molar-refractivity contribution in [1.29, 1.82) is 0 Å². The van der Waals surface area contributed by atoms with Crippen LogP contribution in [0.3, 0.4) is 0 Å². The van der Waals surface area contributed by atoms with Crippen molar-refractivity contribution in [3.05, 3.63) is 0 Å². The second-order valence-corrected chi connectivity index (χ2v) is 14.5. The first kappa shape index (κ1) is 36.3. The lowest BCUT2D eigenvalue weighted by Gasteiger charge is -2.44. The van der Waals surface area contributed by atoms with E-state index in [0.717, 1.165) is 6.42 Å². The standard InChI is InChI=1S/C33H58O10/c1-11-24(30-19(5)15-31(10,41-30)33(38)20(6)16-32(12-2,43-33)23(9)34)28(37)21(7)27(36)22(8)29-18(4)13-17(3)25(40-29)14-26(35)42-39/h17-25,27,29-30,34,36,38-39H,11-16H2,1-10H3/t17-,18+,19+,20-,21+,22?,23+,24-,25+,27-,29+,30?,31+,32+,33-/m1/s1. The van der Waals surface area contributed by atoms with E-state index in [1.54, 1.807) is 13.8 Å². The Labute approximate surface area is 257 Å². The van der Waals surface area contributed by atoms with E-state index < -0.39 is 65.1 Å². The number of aliphatic hydroxyl groups excluding tert-OH is 2. The third-order valence-corrected chi connectivity index (χ3v) is 11.4. The van der Waals surface area contributed by atoms with Gasteiger partial charge in [-0.15, -0.1) is 0 Å². The van der Waals surface area contributed by atoms with E-state index >= 15 is 0 Å². The third kappa shape index (κ3) is 6.71. The Hall–Kier alpha value is -1.14. The van der Waals surface area contributed by atoms with E-state index in [4.69, 9.17) is 19.5 Å². The van der Waals surface area contributed by atoms with E-state index in [1.165, 1.54) is 0 Å². The van der Waals surface area contributed by atoms with Crippen molar-refractivity contribution in [3.63, 3.8) is 0 Å². The number of ketones is 1. The fourth-order valence-electron chi connectivity index (χ4n) is 8.60. The fourth-order valence-corrected chi connectivity index (χ4v) is 8.60. The van der Waals surface area contributed by atoms with Gasteiger partial charge in [-0.3, -0.25) is 4.79 Å². The van der Waals surface area contributed by atoms with Gasteiger partial charge in [0.1, 0.15) is 11.4 Å². The number of carbonyl (C=O) groups excluding carboxylic acids is 2. The van der Waals surface area contributed by atoms with E-state index in [2.05, 4.69) is 4.89 Å². The van der Waals surface area contributed by atoms with E-state index in [1.807, 2.05) is 55.4 Å². The summed E-state index contributed by atoms with van der Waals surface area (Å²) in [5, 5.41) is 42.7. The molecule has 3 aliphatic heterocycles. The first-order chi connectivity index (χ1) is 19.9. The highest BCUT2D eigenvalue weighted by atomic mass is 17.1. The molecule has 0 aromatic rings. The zero-order valence-electron chi connectivity index (χ0n) is 27.9. The molecule has 10 nitrogen and oxygen atoms in total. The molecule has 3 fully saturated rings. The summed E-state index contributed by atoms with van der Waals surface area (Å²) in [5.74, 6) is -4.28.